The lowest BCUT2D eigenvalue weighted by atomic mass is 9.90. The van der Waals surface area contributed by atoms with E-state index in [0.29, 0.717) is 32.5 Å². The lowest BCUT2D eigenvalue weighted by molar-refractivity contribution is -0.150. The first-order valence-electron chi connectivity index (χ1n) is 28.4. The predicted octanol–water partition coefficient (Wildman–Crippen LogP) is 17.2. The molecule has 0 N–H and O–H groups in total. The van der Waals surface area contributed by atoms with Crippen LogP contribution >= 0.6 is 0 Å². The molecule has 7 nitrogen and oxygen atoms in total. The number of ether oxygens (including phenoxy) is 3. The van der Waals surface area contributed by atoms with E-state index in [1.54, 1.807) is 0 Å². The molecule has 0 aliphatic carbocycles. The van der Waals surface area contributed by atoms with Crippen LogP contribution in [0.1, 0.15) is 297 Å². The molecule has 2 atom stereocenters. The number of carbonyl (C=O) groups excluding carboxylic acids is 3. The normalized spacial score (nSPS) is 13.0. The van der Waals surface area contributed by atoms with Crippen LogP contribution in [0.3, 0.4) is 0 Å². The molecule has 0 aliphatic rings. The maximum atomic E-state index is 12.7. The highest BCUT2D eigenvalue weighted by Gasteiger charge is 2.15. The maximum Gasteiger partial charge on any atom is 0.306 e. The predicted molar refractivity (Wildman–Crippen MR) is 274 cm³/mol. The van der Waals surface area contributed by atoms with Crippen molar-refractivity contribution < 1.29 is 28.6 Å². The van der Waals surface area contributed by atoms with E-state index in [2.05, 4.69) is 32.6 Å². The minimum Gasteiger partial charge on any atom is -0.466 e. The van der Waals surface area contributed by atoms with Crippen LogP contribution in [0.15, 0.2) is 0 Å². The molecule has 2 unspecified atom stereocenters. The molecule has 0 aromatic heterocycles. The van der Waals surface area contributed by atoms with E-state index >= 15 is 0 Å². The molecule has 0 heterocycles. The topological polar surface area (TPSA) is 82.1 Å². The van der Waals surface area contributed by atoms with E-state index in [1.807, 2.05) is 14.1 Å². The number of hydrogen-bond acceptors (Lipinski definition) is 7. The molecule has 0 fully saturated rings. The monoisotopic (exact) mass is 906 g/mol. The van der Waals surface area contributed by atoms with Gasteiger partial charge in [0, 0.05) is 19.3 Å². The van der Waals surface area contributed by atoms with Crippen LogP contribution in [0.25, 0.3) is 0 Å². The second-order valence-corrected chi connectivity index (χ2v) is 20.2. The van der Waals surface area contributed by atoms with Crippen molar-refractivity contribution in [2.75, 3.05) is 33.9 Å². The van der Waals surface area contributed by atoms with Crippen molar-refractivity contribution in [3.8, 4) is 0 Å². The summed E-state index contributed by atoms with van der Waals surface area (Å²) in [4.78, 5) is 39.4. The van der Waals surface area contributed by atoms with Gasteiger partial charge in [0.15, 0.2) is 0 Å². The number of carbonyl (C=O) groups is 3. The summed E-state index contributed by atoms with van der Waals surface area (Å²) >= 11 is 0. The van der Waals surface area contributed by atoms with Gasteiger partial charge in [-0.2, -0.15) is 0 Å². The molecule has 0 saturated carbocycles. The van der Waals surface area contributed by atoms with Gasteiger partial charge in [0.25, 0.3) is 0 Å². The van der Waals surface area contributed by atoms with E-state index in [4.69, 9.17) is 14.2 Å². The summed E-state index contributed by atoms with van der Waals surface area (Å²) < 4.78 is 17.2. The average molecular weight is 907 g/mol. The Morgan fingerprint density at radius 2 is 0.656 bits per heavy atom. The Labute approximate surface area is 399 Å². The van der Waals surface area contributed by atoms with Gasteiger partial charge in [-0.15, -0.1) is 0 Å². The minimum atomic E-state index is -0.0441. The Bertz CT molecular complexity index is 939. The molecule has 0 amide bonds. The van der Waals surface area contributed by atoms with Crippen LogP contribution in [0.4, 0.5) is 0 Å². The number of hydrogen-bond donors (Lipinski definition) is 0. The molecule has 0 aromatic carbocycles. The third-order valence-electron chi connectivity index (χ3n) is 13.5. The molecular formula is C57H111NO6. The highest BCUT2D eigenvalue weighted by molar-refractivity contribution is 5.70. The summed E-state index contributed by atoms with van der Waals surface area (Å²) in [7, 11) is 4.09. The van der Waals surface area contributed by atoms with E-state index < -0.39 is 0 Å². The van der Waals surface area contributed by atoms with Crippen LogP contribution < -0.4 is 0 Å². The molecular weight excluding hydrogens is 795 g/mol. The molecule has 0 bridgehead atoms. The summed E-state index contributed by atoms with van der Waals surface area (Å²) in [6.07, 6.45) is 48.5. The van der Waals surface area contributed by atoms with Gasteiger partial charge in [-0.3, -0.25) is 14.4 Å². The molecule has 0 saturated heterocycles. The fourth-order valence-corrected chi connectivity index (χ4v) is 9.25. The Hall–Kier alpha value is -1.63. The van der Waals surface area contributed by atoms with E-state index in [1.165, 1.54) is 167 Å². The summed E-state index contributed by atoms with van der Waals surface area (Å²) in [5, 5.41) is 0. The molecule has 0 aromatic rings. The highest BCUT2D eigenvalue weighted by atomic mass is 16.5. The van der Waals surface area contributed by atoms with Crippen molar-refractivity contribution in [3.63, 3.8) is 0 Å². The molecule has 64 heavy (non-hydrogen) atoms. The van der Waals surface area contributed by atoms with Gasteiger partial charge in [0.2, 0.25) is 0 Å². The number of nitrogens with zero attached hydrogens (tertiary/aromatic N) is 1. The zero-order chi connectivity index (χ0) is 47.0. The first-order chi connectivity index (χ1) is 31.2. The SMILES string of the molecule is CCCCCCC(CCCC)CCCCOC(=O)CCCCCCCCCC(CCCCCCCCCC(=O)OCCCCC(CCCC)CCCCCC)OC(=O)CCCN(C)C. The average Bonchev–Trinajstić information content (AvgIpc) is 3.27. The lowest BCUT2D eigenvalue weighted by Gasteiger charge is -2.18. The summed E-state index contributed by atoms with van der Waals surface area (Å²) in [6.45, 7) is 11.2. The van der Waals surface area contributed by atoms with Crippen LogP contribution in [-0.2, 0) is 28.6 Å². The fourth-order valence-electron chi connectivity index (χ4n) is 9.25. The zero-order valence-corrected chi connectivity index (χ0v) is 43.9. The second kappa shape index (κ2) is 49.3. The molecule has 0 spiro atoms. The maximum absolute atomic E-state index is 12.7. The van der Waals surface area contributed by atoms with Crippen LogP contribution in [0.2, 0.25) is 0 Å². The van der Waals surface area contributed by atoms with Gasteiger partial charge in [-0.1, -0.05) is 207 Å². The van der Waals surface area contributed by atoms with Crippen molar-refractivity contribution in [3.05, 3.63) is 0 Å². The van der Waals surface area contributed by atoms with Crippen LogP contribution in [0, 0.1) is 11.8 Å². The summed E-state index contributed by atoms with van der Waals surface area (Å²) in [5.74, 6) is 1.62. The Morgan fingerprint density at radius 1 is 0.344 bits per heavy atom. The Balaban J connectivity index is 4.13. The van der Waals surface area contributed by atoms with Crippen molar-refractivity contribution >= 4 is 17.9 Å². The summed E-state index contributed by atoms with van der Waals surface area (Å²) in [6, 6.07) is 0. The molecule has 380 valence electrons. The third kappa shape index (κ3) is 45.5. The van der Waals surface area contributed by atoms with E-state index in [9.17, 15) is 14.4 Å². The van der Waals surface area contributed by atoms with E-state index in [0.717, 1.165) is 102 Å². The largest absolute Gasteiger partial charge is 0.466 e. The van der Waals surface area contributed by atoms with Gasteiger partial charge in [0.05, 0.1) is 13.2 Å². The van der Waals surface area contributed by atoms with Gasteiger partial charge in [-0.05, 0) is 103 Å². The molecule has 0 aliphatic heterocycles. The van der Waals surface area contributed by atoms with Crippen molar-refractivity contribution in [1.82, 2.24) is 4.90 Å². The number of rotatable bonds is 51. The highest BCUT2D eigenvalue weighted by Crippen LogP contribution is 2.25. The number of unbranched alkanes of at least 4 members (excludes halogenated alkanes) is 22. The van der Waals surface area contributed by atoms with Gasteiger partial charge >= 0.3 is 17.9 Å². The van der Waals surface area contributed by atoms with Crippen molar-refractivity contribution in [2.24, 2.45) is 11.8 Å². The Kier molecular flexibility index (Phi) is 48.0. The van der Waals surface area contributed by atoms with Gasteiger partial charge in [-0.25, -0.2) is 0 Å². The smallest absolute Gasteiger partial charge is 0.306 e. The third-order valence-corrected chi connectivity index (χ3v) is 13.5. The van der Waals surface area contributed by atoms with Crippen molar-refractivity contribution in [2.45, 2.75) is 303 Å². The molecule has 0 rings (SSSR count). The lowest BCUT2D eigenvalue weighted by Crippen LogP contribution is -2.20. The molecule has 7 heteroatoms. The first kappa shape index (κ1) is 62.4. The first-order valence-corrected chi connectivity index (χ1v) is 28.4. The fraction of sp³-hybridized carbons (Fsp3) is 0.947. The van der Waals surface area contributed by atoms with Crippen molar-refractivity contribution in [1.29, 1.82) is 0 Å². The zero-order valence-electron chi connectivity index (χ0n) is 43.9. The second-order valence-electron chi connectivity index (χ2n) is 20.2. The molecule has 0 radical (unpaired) electrons. The Morgan fingerprint density at radius 3 is 1.05 bits per heavy atom. The van der Waals surface area contributed by atoms with Crippen LogP contribution in [0.5, 0.6) is 0 Å². The summed E-state index contributed by atoms with van der Waals surface area (Å²) in [5.41, 5.74) is 0. The van der Waals surface area contributed by atoms with Gasteiger partial charge in [0.1, 0.15) is 6.10 Å². The van der Waals surface area contributed by atoms with E-state index in [-0.39, 0.29) is 24.0 Å². The standard InChI is InChI=1S/C57H111NO6/c1-7-11-15-27-40-52(38-13-9-3)42-33-35-50-62-55(59)46-31-25-21-17-19-23-29-44-54(64-57(61)48-37-49-58(5)6)45-30-24-20-18-22-26-32-47-56(60)63-51-36-34-43-53(39-14-10-4)41-28-16-12-8-2/h52-54H,7-51H2,1-6H3. The van der Waals surface area contributed by atoms with Crippen LogP contribution in [-0.4, -0.2) is 62.8 Å². The quantitative estimate of drug-likeness (QED) is 0.0342. The van der Waals surface area contributed by atoms with Gasteiger partial charge < -0.3 is 19.1 Å². The number of esters is 3. The minimum absolute atomic E-state index is 0.0200.